The normalized spacial score (nSPS) is 48.3. The zero-order valence-electron chi connectivity index (χ0n) is 13.4. The smallest absolute Gasteiger partial charge is 0.0618 e. The van der Waals surface area contributed by atoms with E-state index in [0.717, 1.165) is 32.1 Å². The fourth-order valence-electron chi connectivity index (χ4n) is 4.81. The Morgan fingerprint density at radius 1 is 0.667 bits per heavy atom. The third-order valence-corrected chi connectivity index (χ3v) is 5.83. The van der Waals surface area contributed by atoms with Crippen LogP contribution in [0.1, 0.15) is 46.0 Å². The monoisotopic (exact) mass is 300 g/mol. The molecule has 0 radical (unpaired) electrons. The van der Waals surface area contributed by atoms with Crippen LogP contribution in [0.4, 0.5) is 0 Å². The van der Waals surface area contributed by atoms with Crippen LogP contribution in [0.25, 0.3) is 0 Å². The van der Waals surface area contributed by atoms with Crippen molar-refractivity contribution in [2.45, 2.75) is 58.2 Å². The van der Waals surface area contributed by atoms with Crippen LogP contribution in [-0.2, 0) is 0 Å². The lowest BCUT2D eigenvalue weighted by atomic mass is 9.66. The highest BCUT2D eigenvalue weighted by atomic mass is 16.3. The highest BCUT2D eigenvalue weighted by Gasteiger charge is 2.40. The van der Waals surface area contributed by atoms with Crippen molar-refractivity contribution >= 4 is 0 Å². The van der Waals surface area contributed by atoms with Crippen molar-refractivity contribution in [2.75, 3.05) is 13.2 Å². The molecule has 2 fully saturated rings. The van der Waals surface area contributed by atoms with Crippen molar-refractivity contribution in [2.24, 2.45) is 35.5 Å². The van der Waals surface area contributed by atoms with Gasteiger partial charge >= 0.3 is 0 Å². The summed E-state index contributed by atoms with van der Waals surface area (Å²) in [6.45, 7) is 4.45. The predicted molar refractivity (Wildman–Crippen MR) is 81.6 cm³/mol. The maximum atomic E-state index is 10.5. The van der Waals surface area contributed by atoms with Crippen LogP contribution in [0.5, 0.6) is 0 Å². The average molecular weight is 300 g/mol. The topological polar surface area (TPSA) is 80.9 Å². The van der Waals surface area contributed by atoms with Gasteiger partial charge < -0.3 is 20.4 Å². The number of rotatable bonds is 4. The number of aliphatic hydroxyl groups excluding tert-OH is 4. The van der Waals surface area contributed by atoms with Gasteiger partial charge in [-0.25, -0.2) is 0 Å². The Labute approximate surface area is 128 Å². The minimum Gasteiger partial charge on any atom is -0.396 e. The van der Waals surface area contributed by atoms with Gasteiger partial charge in [0.1, 0.15) is 0 Å². The average Bonchev–Trinajstić information content (AvgIpc) is 2.45. The van der Waals surface area contributed by atoms with Crippen molar-refractivity contribution in [1.82, 2.24) is 0 Å². The van der Waals surface area contributed by atoms with Crippen molar-refractivity contribution in [1.29, 1.82) is 0 Å². The van der Waals surface area contributed by atoms with Gasteiger partial charge in [-0.05, 0) is 55.8 Å². The summed E-state index contributed by atoms with van der Waals surface area (Å²) in [5.41, 5.74) is 0. The third-order valence-electron chi connectivity index (χ3n) is 5.83. The molecule has 0 heterocycles. The first-order chi connectivity index (χ1) is 9.96. The van der Waals surface area contributed by atoms with Crippen LogP contribution >= 0.6 is 0 Å². The van der Waals surface area contributed by atoms with Crippen molar-refractivity contribution in [3.05, 3.63) is 0 Å². The number of hydrogen-bond donors (Lipinski definition) is 4. The molecule has 4 nitrogen and oxygen atoms in total. The van der Waals surface area contributed by atoms with Gasteiger partial charge in [0.25, 0.3) is 0 Å². The molecule has 0 amide bonds. The quantitative estimate of drug-likeness (QED) is 0.633. The molecule has 2 rings (SSSR count). The first kappa shape index (κ1) is 17.2. The van der Waals surface area contributed by atoms with Crippen LogP contribution in [0.2, 0.25) is 0 Å². The van der Waals surface area contributed by atoms with Gasteiger partial charge in [0.05, 0.1) is 12.2 Å². The van der Waals surface area contributed by atoms with Gasteiger partial charge in [0.2, 0.25) is 0 Å². The van der Waals surface area contributed by atoms with Crippen LogP contribution in [0.15, 0.2) is 0 Å². The first-order valence-corrected chi connectivity index (χ1v) is 8.54. The summed E-state index contributed by atoms with van der Waals surface area (Å²) in [5.74, 6) is 1.31. The lowest BCUT2D eigenvalue weighted by Crippen LogP contribution is -2.43. The summed E-state index contributed by atoms with van der Waals surface area (Å²) >= 11 is 0. The Morgan fingerprint density at radius 3 is 1.33 bits per heavy atom. The summed E-state index contributed by atoms with van der Waals surface area (Å²) in [6, 6.07) is 0. The lowest BCUT2D eigenvalue weighted by Gasteiger charge is -2.43. The van der Waals surface area contributed by atoms with Crippen LogP contribution < -0.4 is 0 Å². The first-order valence-electron chi connectivity index (χ1n) is 8.54. The summed E-state index contributed by atoms with van der Waals surface area (Å²) in [7, 11) is 0. The third kappa shape index (κ3) is 3.98. The van der Waals surface area contributed by atoms with E-state index in [4.69, 9.17) is 0 Å². The molecular formula is C17H32O4. The van der Waals surface area contributed by atoms with E-state index < -0.39 is 12.2 Å². The molecule has 0 spiro atoms. The molecular weight excluding hydrogens is 268 g/mol. The van der Waals surface area contributed by atoms with Gasteiger partial charge in [-0.2, -0.15) is 0 Å². The SMILES string of the molecule is CC1CC(CO)C(O)C(CC2CC(C)CC(CO)C2O)C1. The molecule has 2 aliphatic rings. The fraction of sp³-hybridized carbons (Fsp3) is 1.00. The van der Waals surface area contributed by atoms with E-state index in [1.54, 1.807) is 0 Å². The van der Waals surface area contributed by atoms with Gasteiger partial charge in [-0.15, -0.1) is 0 Å². The fourth-order valence-corrected chi connectivity index (χ4v) is 4.81. The second-order valence-electron chi connectivity index (χ2n) is 7.78. The highest BCUT2D eigenvalue weighted by Crippen LogP contribution is 2.42. The van der Waals surface area contributed by atoms with Gasteiger partial charge in [0.15, 0.2) is 0 Å². The molecule has 2 aliphatic carbocycles. The Kier molecular flexibility index (Phi) is 6.06. The predicted octanol–water partition coefficient (Wildman–Crippen LogP) is 1.41. The minimum absolute atomic E-state index is 0.0226. The van der Waals surface area contributed by atoms with Crippen LogP contribution in [0.3, 0.4) is 0 Å². The van der Waals surface area contributed by atoms with Crippen molar-refractivity contribution in [3.63, 3.8) is 0 Å². The Morgan fingerprint density at radius 2 is 1.00 bits per heavy atom. The number of aliphatic hydroxyl groups is 4. The maximum Gasteiger partial charge on any atom is 0.0618 e. The van der Waals surface area contributed by atoms with E-state index in [0.29, 0.717) is 11.8 Å². The molecule has 0 aliphatic heterocycles. The van der Waals surface area contributed by atoms with Crippen molar-refractivity contribution < 1.29 is 20.4 Å². The molecule has 0 saturated heterocycles. The Bertz CT molecular complexity index is 292. The van der Waals surface area contributed by atoms with Gasteiger partial charge in [-0.3, -0.25) is 0 Å². The molecule has 0 aromatic rings. The highest BCUT2D eigenvalue weighted by molar-refractivity contribution is 4.90. The number of hydrogen-bond acceptors (Lipinski definition) is 4. The molecule has 0 aromatic carbocycles. The second-order valence-corrected chi connectivity index (χ2v) is 7.78. The zero-order chi connectivity index (χ0) is 15.6. The molecule has 0 bridgehead atoms. The summed E-state index contributed by atoms with van der Waals surface area (Å²) in [6.07, 6.45) is 3.61. The largest absolute Gasteiger partial charge is 0.396 e. The molecule has 2 saturated carbocycles. The Balaban J connectivity index is 2.01. The molecule has 8 atom stereocenters. The second kappa shape index (κ2) is 7.40. The maximum absolute atomic E-state index is 10.5. The zero-order valence-corrected chi connectivity index (χ0v) is 13.4. The summed E-state index contributed by atoms with van der Waals surface area (Å²) < 4.78 is 0. The molecule has 124 valence electrons. The van der Waals surface area contributed by atoms with Gasteiger partial charge in [-0.1, -0.05) is 13.8 Å². The summed E-state index contributed by atoms with van der Waals surface area (Å²) in [4.78, 5) is 0. The van der Waals surface area contributed by atoms with E-state index in [9.17, 15) is 20.4 Å². The van der Waals surface area contributed by atoms with E-state index in [2.05, 4.69) is 13.8 Å². The standard InChI is InChI=1S/C17H32O4/c1-10-3-12(16(20)14(5-10)8-18)7-13-4-11(2)6-15(9-19)17(13)21/h10-21H,3-9H2,1-2H3. The molecule has 4 heteroatoms. The molecule has 4 N–H and O–H groups in total. The Hall–Kier alpha value is -0.160. The van der Waals surface area contributed by atoms with Crippen molar-refractivity contribution in [3.8, 4) is 0 Å². The molecule has 0 aromatic heterocycles. The van der Waals surface area contributed by atoms with Crippen LogP contribution in [-0.4, -0.2) is 45.8 Å². The lowest BCUT2D eigenvalue weighted by molar-refractivity contribution is -0.0657. The van der Waals surface area contributed by atoms with Crippen LogP contribution in [0, 0.1) is 35.5 Å². The molecule has 21 heavy (non-hydrogen) atoms. The van der Waals surface area contributed by atoms with E-state index in [1.165, 1.54) is 0 Å². The van der Waals surface area contributed by atoms with Gasteiger partial charge in [0, 0.05) is 25.0 Å². The molecule has 8 unspecified atom stereocenters. The van der Waals surface area contributed by atoms with E-state index in [1.807, 2.05) is 0 Å². The van der Waals surface area contributed by atoms with E-state index in [-0.39, 0.29) is 36.9 Å². The minimum atomic E-state index is -0.455. The summed E-state index contributed by atoms with van der Waals surface area (Å²) in [5, 5.41) is 39.8. The van der Waals surface area contributed by atoms with E-state index >= 15 is 0 Å².